The molecule has 2 aromatic carbocycles. The molecular formula is C21H23N5O3. The third kappa shape index (κ3) is 3.34. The summed E-state index contributed by atoms with van der Waals surface area (Å²) in [5.41, 5.74) is 0.720. The zero-order valence-electron chi connectivity index (χ0n) is 16.0. The van der Waals surface area contributed by atoms with Crippen LogP contribution in [0.2, 0.25) is 0 Å². The summed E-state index contributed by atoms with van der Waals surface area (Å²) in [5.74, 6) is 2.51. The minimum absolute atomic E-state index is 0.136. The molecule has 3 aromatic rings. The lowest BCUT2D eigenvalue weighted by Gasteiger charge is -2.36. The van der Waals surface area contributed by atoms with E-state index >= 15 is 0 Å². The molecule has 2 aliphatic rings. The van der Waals surface area contributed by atoms with Crippen molar-refractivity contribution in [1.82, 2.24) is 20.2 Å². The minimum Gasteiger partial charge on any atom is -0.457 e. The van der Waals surface area contributed by atoms with Crippen LogP contribution in [0.5, 0.6) is 11.5 Å². The van der Waals surface area contributed by atoms with Crippen LogP contribution in [0.3, 0.4) is 0 Å². The highest BCUT2D eigenvalue weighted by Crippen LogP contribution is 2.43. The monoisotopic (exact) mass is 393 g/mol. The van der Waals surface area contributed by atoms with Gasteiger partial charge in [0.2, 0.25) is 5.95 Å². The molecule has 3 heterocycles. The molecule has 2 aliphatic heterocycles. The zero-order chi connectivity index (χ0) is 19.7. The molecule has 5 rings (SSSR count). The van der Waals surface area contributed by atoms with E-state index in [0.717, 1.165) is 36.7 Å². The van der Waals surface area contributed by atoms with Crippen molar-refractivity contribution in [2.24, 2.45) is 11.3 Å². The summed E-state index contributed by atoms with van der Waals surface area (Å²) in [4.78, 5) is 2.16. The standard InChI is InChI=1S/C21H23N5O3/c27-15-21-10-11-28-13-16(21)12-25(14-21)20-22-23-24-26(20)17-6-8-19(9-7-17)29-18-4-2-1-3-5-18/h1-9,16,27H,10-15H2/t16-,21-/m1/s1. The maximum Gasteiger partial charge on any atom is 0.250 e. The average Bonchev–Trinajstić information content (AvgIpc) is 3.40. The van der Waals surface area contributed by atoms with E-state index in [1.165, 1.54) is 0 Å². The normalized spacial score (nSPS) is 23.8. The SMILES string of the molecule is OC[C@]12CCOC[C@H]1CN(c1nnnn1-c1ccc(Oc3ccccc3)cc1)C2. The number of anilines is 1. The molecule has 2 atom stereocenters. The first-order valence-electron chi connectivity index (χ1n) is 9.83. The summed E-state index contributed by atoms with van der Waals surface area (Å²) in [7, 11) is 0. The Hall–Kier alpha value is -2.97. The van der Waals surface area contributed by atoms with E-state index in [2.05, 4.69) is 20.4 Å². The van der Waals surface area contributed by atoms with Crippen LogP contribution < -0.4 is 9.64 Å². The van der Waals surface area contributed by atoms with Crippen molar-refractivity contribution in [2.45, 2.75) is 6.42 Å². The first-order chi connectivity index (χ1) is 14.3. The number of hydrogen-bond acceptors (Lipinski definition) is 7. The molecular weight excluding hydrogens is 370 g/mol. The third-order valence-electron chi connectivity index (χ3n) is 5.99. The number of aliphatic hydroxyl groups excluding tert-OH is 1. The van der Waals surface area contributed by atoms with E-state index < -0.39 is 0 Å². The topological polar surface area (TPSA) is 85.5 Å². The Morgan fingerprint density at radius 1 is 1.10 bits per heavy atom. The molecule has 2 fully saturated rings. The van der Waals surface area contributed by atoms with Crippen LogP contribution in [0.25, 0.3) is 5.69 Å². The summed E-state index contributed by atoms with van der Waals surface area (Å²) in [6.45, 7) is 3.02. The van der Waals surface area contributed by atoms with Gasteiger partial charge in [-0.3, -0.25) is 0 Å². The lowest BCUT2D eigenvalue weighted by Crippen LogP contribution is -2.41. The van der Waals surface area contributed by atoms with E-state index in [0.29, 0.717) is 19.2 Å². The third-order valence-corrected chi connectivity index (χ3v) is 5.99. The van der Waals surface area contributed by atoms with Crippen molar-refractivity contribution >= 4 is 5.95 Å². The Balaban J connectivity index is 1.37. The molecule has 2 saturated heterocycles. The van der Waals surface area contributed by atoms with Crippen LogP contribution in [-0.4, -0.2) is 58.2 Å². The van der Waals surface area contributed by atoms with Crippen molar-refractivity contribution < 1.29 is 14.6 Å². The van der Waals surface area contributed by atoms with Gasteiger partial charge >= 0.3 is 0 Å². The molecule has 0 radical (unpaired) electrons. The second-order valence-corrected chi connectivity index (χ2v) is 7.72. The number of aromatic nitrogens is 4. The van der Waals surface area contributed by atoms with Crippen molar-refractivity contribution in [3.8, 4) is 17.2 Å². The van der Waals surface area contributed by atoms with Crippen molar-refractivity contribution in [1.29, 1.82) is 0 Å². The predicted molar refractivity (Wildman–Crippen MR) is 106 cm³/mol. The van der Waals surface area contributed by atoms with Crippen molar-refractivity contribution in [3.63, 3.8) is 0 Å². The molecule has 8 heteroatoms. The summed E-state index contributed by atoms with van der Waals surface area (Å²) < 4.78 is 13.2. The van der Waals surface area contributed by atoms with Gasteiger partial charge < -0.3 is 19.5 Å². The van der Waals surface area contributed by atoms with E-state index in [-0.39, 0.29) is 17.9 Å². The maximum atomic E-state index is 10.1. The summed E-state index contributed by atoms with van der Waals surface area (Å²) in [6.07, 6.45) is 0.859. The van der Waals surface area contributed by atoms with Gasteiger partial charge in [-0.2, -0.15) is 4.68 Å². The van der Waals surface area contributed by atoms with E-state index in [1.54, 1.807) is 4.68 Å². The fourth-order valence-corrected chi connectivity index (χ4v) is 4.28. The molecule has 150 valence electrons. The van der Waals surface area contributed by atoms with Gasteiger partial charge in [0.1, 0.15) is 11.5 Å². The van der Waals surface area contributed by atoms with Gasteiger partial charge in [0.15, 0.2) is 0 Å². The summed E-state index contributed by atoms with van der Waals surface area (Å²) in [6, 6.07) is 17.3. The lowest BCUT2D eigenvalue weighted by atomic mass is 9.75. The van der Waals surface area contributed by atoms with Gasteiger partial charge in [-0.15, -0.1) is 0 Å². The fraction of sp³-hybridized carbons (Fsp3) is 0.381. The summed E-state index contributed by atoms with van der Waals surface area (Å²) in [5, 5.41) is 22.4. The number of para-hydroxylation sites is 1. The van der Waals surface area contributed by atoms with Crippen LogP contribution in [0, 0.1) is 11.3 Å². The predicted octanol–water partition coefficient (Wildman–Crippen LogP) is 2.29. The Morgan fingerprint density at radius 2 is 1.90 bits per heavy atom. The second-order valence-electron chi connectivity index (χ2n) is 7.72. The zero-order valence-corrected chi connectivity index (χ0v) is 16.0. The molecule has 29 heavy (non-hydrogen) atoms. The Labute approximate surface area is 168 Å². The molecule has 1 aromatic heterocycles. The maximum absolute atomic E-state index is 10.1. The van der Waals surface area contributed by atoms with Gasteiger partial charge in [-0.25, -0.2) is 0 Å². The van der Waals surface area contributed by atoms with Crippen LogP contribution in [-0.2, 0) is 4.74 Å². The van der Waals surface area contributed by atoms with Gasteiger partial charge in [0.05, 0.1) is 18.9 Å². The quantitative estimate of drug-likeness (QED) is 0.712. The molecule has 0 bridgehead atoms. The van der Waals surface area contributed by atoms with Gasteiger partial charge in [-0.05, 0) is 53.2 Å². The number of ether oxygens (including phenoxy) is 2. The van der Waals surface area contributed by atoms with Crippen LogP contribution >= 0.6 is 0 Å². The molecule has 0 spiro atoms. The fourth-order valence-electron chi connectivity index (χ4n) is 4.28. The Bertz CT molecular complexity index is 962. The first kappa shape index (κ1) is 18.1. The number of aliphatic hydroxyl groups is 1. The Kier molecular flexibility index (Phi) is 4.65. The molecule has 0 aliphatic carbocycles. The van der Waals surface area contributed by atoms with Crippen LogP contribution in [0.15, 0.2) is 54.6 Å². The average molecular weight is 393 g/mol. The van der Waals surface area contributed by atoms with Gasteiger partial charge in [-0.1, -0.05) is 23.3 Å². The largest absolute Gasteiger partial charge is 0.457 e. The first-order valence-corrected chi connectivity index (χ1v) is 9.83. The van der Waals surface area contributed by atoms with E-state index in [9.17, 15) is 5.11 Å². The number of benzene rings is 2. The molecule has 8 nitrogen and oxygen atoms in total. The lowest BCUT2D eigenvalue weighted by molar-refractivity contribution is -0.0410. The number of fused-ring (bicyclic) bond motifs is 1. The van der Waals surface area contributed by atoms with E-state index in [1.807, 2.05) is 54.6 Å². The van der Waals surface area contributed by atoms with Gasteiger partial charge in [0, 0.05) is 31.0 Å². The Morgan fingerprint density at radius 3 is 2.66 bits per heavy atom. The van der Waals surface area contributed by atoms with Crippen molar-refractivity contribution in [3.05, 3.63) is 54.6 Å². The highest BCUT2D eigenvalue weighted by atomic mass is 16.5. The van der Waals surface area contributed by atoms with E-state index in [4.69, 9.17) is 9.47 Å². The number of rotatable bonds is 5. The number of tetrazole rings is 1. The number of hydrogen-bond donors (Lipinski definition) is 1. The molecule has 0 saturated carbocycles. The molecule has 0 unspecified atom stereocenters. The molecule has 1 N–H and O–H groups in total. The van der Waals surface area contributed by atoms with Crippen LogP contribution in [0.1, 0.15) is 6.42 Å². The minimum atomic E-state index is -0.136. The smallest absolute Gasteiger partial charge is 0.250 e. The highest BCUT2D eigenvalue weighted by molar-refractivity contribution is 5.45. The summed E-state index contributed by atoms with van der Waals surface area (Å²) >= 11 is 0. The second kappa shape index (κ2) is 7.46. The van der Waals surface area contributed by atoms with Gasteiger partial charge in [0.25, 0.3) is 0 Å². The van der Waals surface area contributed by atoms with Crippen LogP contribution in [0.4, 0.5) is 5.95 Å². The highest BCUT2D eigenvalue weighted by Gasteiger charge is 2.49. The number of nitrogens with zero attached hydrogens (tertiary/aromatic N) is 5. The molecule has 0 amide bonds. The van der Waals surface area contributed by atoms with Crippen molar-refractivity contribution in [2.75, 3.05) is 37.8 Å².